The van der Waals surface area contributed by atoms with E-state index in [-0.39, 0.29) is 29.7 Å². The van der Waals surface area contributed by atoms with Crippen LogP contribution < -0.4 is 10.1 Å². The number of guanidine groups is 1. The summed E-state index contributed by atoms with van der Waals surface area (Å²) in [5, 5.41) is 3.28. The molecule has 1 heterocycles. The smallest absolute Gasteiger partial charge is 0.387 e. The molecule has 0 spiro atoms. The van der Waals surface area contributed by atoms with E-state index in [4.69, 9.17) is 9.47 Å². The average molecular weight is 541 g/mol. The molecular formula is C21H34F2IN3O3. The second-order valence-corrected chi connectivity index (χ2v) is 7.10. The minimum absolute atomic E-state index is 0. The van der Waals surface area contributed by atoms with Crippen molar-refractivity contribution in [3.63, 3.8) is 0 Å². The zero-order valence-corrected chi connectivity index (χ0v) is 20.1. The first-order valence-corrected chi connectivity index (χ1v) is 10.3. The predicted molar refractivity (Wildman–Crippen MR) is 125 cm³/mol. The summed E-state index contributed by atoms with van der Waals surface area (Å²) in [5.74, 6) is 1.59. The van der Waals surface area contributed by atoms with E-state index in [1.807, 2.05) is 18.9 Å². The van der Waals surface area contributed by atoms with Crippen LogP contribution in [0.15, 0.2) is 29.3 Å². The van der Waals surface area contributed by atoms with Gasteiger partial charge in [0.1, 0.15) is 5.75 Å². The normalized spacial score (nSPS) is 15.0. The molecule has 1 aliphatic heterocycles. The molecule has 1 saturated heterocycles. The van der Waals surface area contributed by atoms with Crippen molar-refractivity contribution in [2.24, 2.45) is 10.9 Å². The van der Waals surface area contributed by atoms with Crippen LogP contribution in [0.5, 0.6) is 5.75 Å². The molecule has 0 amide bonds. The molecule has 0 atom stereocenters. The molecule has 6 nitrogen and oxygen atoms in total. The van der Waals surface area contributed by atoms with Crippen molar-refractivity contribution in [1.82, 2.24) is 10.2 Å². The number of rotatable bonds is 11. The van der Waals surface area contributed by atoms with E-state index in [1.165, 1.54) is 0 Å². The Bertz CT molecular complexity index is 600. The van der Waals surface area contributed by atoms with Gasteiger partial charge in [0.05, 0.1) is 0 Å². The van der Waals surface area contributed by atoms with Gasteiger partial charge >= 0.3 is 6.61 Å². The van der Waals surface area contributed by atoms with Gasteiger partial charge in [0.15, 0.2) is 5.96 Å². The van der Waals surface area contributed by atoms with E-state index in [0.717, 1.165) is 57.2 Å². The van der Waals surface area contributed by atoms with Gasteiger partial charge in [0.25, 0.3) is 0 Å². The minimum atomic E-state index is -2.81. The van der Waals surface area contributed by atoms with Crippen molar-refractivity contribution in [1.29, 1.82) is 0 Å². The molecule has 1 N–H and O–H groups in total. The van der Waals surface area contributed by atoms with E-state index < -0.39 is 6.61 Å². The van der Waals surface area contributed by atoms with Crippen LogP contribution in [0.3, 0.4) is 0 Å². The van der Waals surface area contributed by atoms with Gasteiger partial charge in [-0.3, -0.25) is 4.99 Å². The Labute approximate surface area is 195 Å². The molecule has 2 rings (SSSR count). The molecule has 172 valence electrons. The Morgan fingerprint density at radius 2 is 1.97 bits per heavy atom. The lowest BCUT2D eigenvalue weighted by Crippen LogP contribution is -2.38. The van der Waals surface area contributed by atoms with Crippen LogP contribution in [-0.4, -0.2) is 64.0 Å². The molecule has 0 unspecified atom stereocenters. The third-order valence-electron chi connectivity index (χ3n) is 4.67. The Hall–Kier alpha value is -1.20. The molecule has 0 aliphatic carbocycles. The highest BCUT2D eigenvalue weighted by atomic mass is 127. The van der Waals surface area contributed by atoms with Crippen LogP contribution in [0.25, 0.3) is 0 Å². The number of nitrogens with zero attached hydrogens (tertiary/aromatic N) is 2. The fourth-order valence-electron chi connectivity index (χ4n) is 3.11. The molecule has 30 heavy (non-hydrogen) atoms. The number of alkyl halides is 2. The van der Waals surface area contributed by atoms with Gasteiger partial charge in [-0.05, 0) is 49.8 Å². The third kappa shape index (κ3) is 10.7. The van der Waals surface area contributed by atoms with Gasteiger partial charge in [0, 0.05) is 53.1 Å². The quantitative estimate of drug-likeness (QED) is 0.198. The number of hydrogen-bond acceptors (Lipinski definition) is 4. The monoisotopic (exact) mass is 541 g/mol. The molecule has 1 aromatic carbocycles. The number of benzene rings is 1. The Balaban J connectivity index is 0.00000450. The highest BCUT2D eigenvalue weighted by molar-refractivity contribution is 14.0. The van der Waals surface area contributed by atoms with E-state index in [2.05, 4.69) is 15.0 Å². The van der Waals surface area contributed by atoms with Gasteiger partial charge in [-0.25, -0.2) is 0 Å². The molecule has 1 fully saturated rings. The van der Waals surface area contributed by atoms with Crippen LogP contribution in [0.2, 0.25) is 0 Å². The summed E-state index contributed by atoms with van der Waals surface area (Å²) in [4.78, 5) is 6.67. The zero-order chi connectivity index (χ0) is 20.9. The van der Waals surface area contributed by atoms with Crippen LogP contribution in [0.1, 0.15) is 31.7 Å². The first kappa shape index (κ1) is 26.8. The number of nitrogens with one attached hydrogen (secondary N) is 1. The first-order valence-electron chi connectivity index (χ1n) is 10.3. The highest BCUT2D eigenvalue weighted by Gasteiger charge is 2.13. The molecule has 1 aromatic rings. The maximum Gasteiger partial charge on any atom is 0.387 e. The van der Waals surface area contributed by atoms with E-state index in [1.54, 1.807) is 24.3 Å². The highest BCUT2D eigenvalue weighted by Crippen LogP contribution is 2.16. The minimum Gasteiger partial charge on any atom is -0.435 e. The Morgan fingerprint density at radius 1 is 1.27 bits per heavy atom. The van der Waals surface area contributed by atoms with Gasteiger partial charge in [-0.15, -0.1) is 24.0 Å². The summed E-state index contributed by atoms with van der Waals surface area (Å²) in [6.07, 6.45) is 3.04. The lowest BCUT2D eigenvalue weighted by atomic mass is 10.0. The van der Waals surface area contributed by atoms with Crippen molar-refractivity contribution >= 4 is 29.9 Å². The molecule has 0 radical (unpaired) electrons. The van der Waals surface area contributed by atoms with Gasteiger partial charge in [-0.1, -0.05) is 12.1 Å². The van der Waals surface area contributed by atoms with Crippen LogP contribution in [0, 0.1) is 5.92 Å². The van der Waals surface area contributed by atoms with Crippen molar-refractivity contribution in [3.8, 4) is 5.75 Å². The first-order chi connectivity index (χ1) is 14.1. The Kier molecular flexibility index (Phi) is 13.9. The second kappa shape index (κ2) is 15.6. The fourth-order valence-corrected chi connectivity index (χ4v) is 3.11. The molecule has 0 saturated carbocycles. The lowest BCUT2D eigenvalue weighted by Gasteiger charge is -2.22. The largest absolute Gasteiger partial charge is 0.435 e. The zero-order valence-electron chi connectivity index (χ0n) is 17.8. The van der Waals surface area contributed by atoms with Crippen molar-refractivity contribution in [3.05, 3.63) is 29.8 Å². The standard InChI is InChI=1S/C21H33F2N3O3.HI/c1-3-24-21(25-11-4-12-28-16-18-9-13-27-14-10-18)26(2)15-17-5-7-19(8-6-17)29-20(22)23;/h5-8,18,20H,3-4,9-16H2,1-2H3,(H,24,25);1H. The van der Waals surface area contributed by atoms with Crippen molar-refractivity contribution < 1.29 is 23.0 Å². The number of ether oxygens (including phenoxy) is 3. The summed E-state index contributed by atoms with van der Waals surface area (Å²) in [5.41, 5.74) is 0.986. The SMILES string of the molecule is CCNC(=NCCCOCC1CCOCC1)N(C)Cc1ccc(OC(F)F)cc1.I. The van der Waals surface area contributed by atoms with Crippen LogP contribution in [0.4, 0.5) is 8.78 Å². The van der Waals surface area contributed by atoms with E-state index in [9.17, 15) is 8.78 Å². The summed E-state index contributed by atoms with van der Waals surface area (Å²) in [7, 11) is 1.95. The Morgan fingerprint density at radius 3 is 2.60 bits per heavy atom. The molecule has 0 bridgehead atoms. The maximum atomic E-state index is 12.2. The van der Waals surface area contributed by atoms with Crippen molar-refractivity contribution in [2.75, 3.05) is 46.6 Å². The van der Waals surface area contributed by atoms with Crippen molar-refractivity contribution in [2.45, 2.75) is 39.3 Å². The molecular weight excluding hydrogens is 507 g/mol. The van der Waals surface area contributed by atoms with Gasteiger partial charge in [-0.2, -0.15) is 8.78 Å². The molecule has 0 aromatic heterocycles. The maximum absolute atomic E-state index is 12.2. The third-order valence-corrected chi connectivity index (χ3v) is 4.67. The topological polar surface area (TPSA) is 55.3 Å². The number of aliphatic imine (C=N–C) groups is 1. The summed E-state index contributed by atoms with van der Waals surface area (Å²) >= 11 is 0. The fraction of sp³-hybridized carbons (Fsp3) is 0.667. The van der Waals surface area contributed by atoms with Crippen LogP contribution >= 0.6 is 24.0 Å². The summed E-state index contributed by atoms with van der Waals surface area (Å²) < 4.78 is 40.0. The van der Waals surface area contributed by atoms with Gasteiger partial charge < -0.3 is 24.4 Å². The average Bonchev–Trinajstić information content (AvgIpc) is 2.71. The van der Waals surface area contributed by atoms with E-state index in [0.29, 0.717) is 25.6 Å². The predicted octanol–water partition coefficient (Wildman–Crippen LogP) is 4.14. The molecule has 1 aliphatic rings. The van der Waals surface area contributed by atoms with Crippen LogP contribution in [-0.2, 0) is 16.0 Å². The summed E-state index contributed by atoms with van der Waals surface area (Å²) in [6.45, 7) is 4.48. The summed E-state index contributed by atoms with van der Waals surface area (Å²) in [6, 6.07) is 6.66. The number of halogens is 3. The lowest BCUT2D eigenvalue weighted by molar-refractivity contribution is -0.0498. The second-order valence-electron chi connectivity index (χ2n) is 7.10. The van der Waals surface area contributed by atoms with E-state index >= 15 is 0 Å². The molecule has 9 heteroatoms. The van der Waals surface area contributed by atoms with Gasteiger partial charge in [0.2, 0.25) is 0 Å². The number of hydrogen-bond donors (Lipinski definition) is 1.